The molecule has 5 aromatic carbocycles. The van der Waals surface area contributed by atoms with Gasteiger partial charge < -0.3 is 0 Å². The van der Waals surface area contributed by atoms with Crippen LogP contribution in [0.4, 0.5) is 0 Å². The van der Waals surface area contributed by atoms with Crippen molar-refractivity contribution >= 4 is 39.4 Å². The van der Waals surface area contributed by atoms with Crippen molar-refractivity contribution in [3.8, 4) is 11.1 Å². The topological polar surface area (TPSA) is 60.7 Å². The molecule has 0 aromatic heterocycles. The van der Waals surface area contributed by atoms with Crippen LogP contribution in [0, 0.1) is 0 Å². The molecule has 3 N–H and O–H groups in total. The molecular formula is C42H53O3P. The summed E-state index contributed by atoms with van der Waals surface area (Å²) in [7, 11) is -5.70. The van der Waals surface area contributed by atoms with Gasteiger partial charge in [-0.15, -0.1) is 0 Å². The summed E-state index contributed by atoms with van der Waals surface area (Å²) in [4.78, 5) is 37.6. The van der Waals surface area contributed by atoms with E-state index in [0.717, 1.165) is 38.2 Å². The molecule has 0 aliphatic carbocycles. The average molecular weight is 637 g/mol. The van der Waals surface area contributed by atoms with E-state index in [1.54, 1.807) is 18.2 Å². The Balaban J connectivity index is 1.82. The van der Waals surface area contributed by atoms with Gasteiger partial charge in [0.2, 0.25) is 0 Å². The minimum absolute atomic E-state index is 0.0161. The minimum atomic E-state index is -5.70. The molecule has 0 heterocycles. The second kappa shape index (κ2) is 10.7. The second-order valence-electron chi connectivity index (χ2n) is 17.4. The van der Waals surface area contributed by atoms with Gasteiger partial charge >= 0.3 is 277 Å². The average Bonchev–Trinajstić information content (AvgIpc) is 2.93. The standard InChI is InChI=1S/C42H53O3P/c1-39(2,3)31-19-17-27-23-34(35(41(7,8)9)24-29(27)21-31)33-15-13-14-16-37(33)46(43,44,45)38-26-28-18-20-32(40(4,5)6)22-30(28)25-36(38)42(10,11)12/h13-26,43-45H,1-12H3. The third kappa shape index (κ3) is 6.28. The molecule has 4 heteroatoms. The number of rotatable bonds is 3. The Morgan fingerprint density at radius 1 is 0.391 bits per heavy atom. The van der Waals surface area contributed by atoms with Crippen LogP contribution in [0.25, 0.3) is 32.7 Å². The van der Waals surface area contributed by atoms with Crippen LogP contribution in [0.5, 0.6) is 0 Å². The number of hydrogen-bond donors (Lipinski definition) is 3. The molecule has 0 aliphatic heterocycles. The summed E-state index contributed by atoms with van der Waals surface area (Å²) in [6.07, 6.45) is 0. The third-order valence-corrected chi connectivity index (χ3v) is 11.9. The normalized spacial score (nSPS) is 14.5. The zero-order valence-electron chi connectivity index (χ0n) is 29.9. The molecule has 0 atom stereocenters. The Morgan fingerprint density at radius 3 is 1.33 bits per heavy atom. The fourth-order valence-corrected chi connectivity index (χ4v) is 8.97. The van der Waals surface area contributed by atoms with E-state index in [2.05, 4.69) is 126 Å². The van der Waals surface area contributed by atoms with Gasteiger partial charge in [0.1, 0.15) is 0 Å². The molecule has 0 radical (unpaired) electrons. The van der Waals surface area contributed by atoms with Gasteiger partial charge in [-0.3, -0.25) is 0 Å². The van der Waals surface area contributed by atoms with E-state index in [1.807, 2.05) is 24.3 Å². The monoisotopic (exact) mass is 636 g/mol. The van der Waals surface area contributed by atoms with E-state index < -0.39 is 12.7 Å². The molecule has 0 saturated heterocycles. The first-order valence-electron chi connectivity index (χ1n) is 16.4. The Hall–Kier alpha value is -3.07. The van der Waals surface area contributed by atoms with Crippen molar-refractivity contribution in [3.63, 3.8) is 0 Å². The van der Waals surface area contributed by atoms with Crippen molar-refractivity contribution in [3.05, 3.63) is 107 Å². The third-order valence-electron chi connectivity index (χ3n) is 9.36. The quantitative estimate of drug-likeness (QED) is 0.173. The molecule has 0 bridgehead atoms. The zero-order valence-corrected chi connectivity index (χ0v) is 30.8. The Bertz CT molecular complexity index is 1960. The Morgan fingerprint density at radius 2 is 0.848 bits per heavy atom. The molecule has 5 rings (SSSR count). The molecule has 0 amide bonds. The van der Waals surface area contributed by atoms with Crippen LogP contribution in [0.1, 0.15) is 105 Å². The van der Waals surface area contributed by atoms with E-state index in [0.29, 0.717) is 5.56 Å². The fourth-order valence-electron chi connectivity index (χ4n) is 6.49. The summed E-state index contributed by atoms with van der Waals surface area (Å²) >= 11 is 0. The van der Waals surface area contributed by atoms with Gasteiger partial charge in [0.15, 0.2) is 0 Å². The zero-order chi connectivity index (χ0) is 34.3. The molecule has 3 nitrogen and oxygen atoms in total. The predicted molar refractivity (Wildman–Crippen MR) is 201 cm³/mol. The van der Waals surface area contributed by atoms with Crippen LogP contribution in [0.3, 0.4) is 0 Å². The van der Waals surface area contributed by atoms with E-state index in [9.17, 15) is 14.7 Å². The number of hydrogen-bond acceptors (Lipinski definition) is 3. The van der Waals surface area contributed by atoms with Gasteiger partial charge in [-0.25, -0.2) is 0 Å². The van der Waals surface area contributed by atoms with Crippen molar-refractivity contribution in [2.75, 3.05) is 0 Å². The molecule has 0 saturated carbocycles. The van der Waals surface area contributed by atoms with E-state index >= 15 is 0 Å². The van der Waals surface area contributed by atoms with Gasteiger partial charge in [0, 0.05) is 0 Å². The van der Waals surface area contributed by atoms with Crippen molar-refractivity contribution in [1.82, 2.24) is 0 Å². The van der Waals surface area contributed by atoms with Crippen LogP contribution in [-0.4, -0.2) is 14.7 Å². The fraction of sp³-hybridized carbons (Fsp3) is 0.381. The summed E-state index contributed by atoms with van der Waals surface area (Å²) < 4.78 is 0. The van der Waals surface area contributed by atoms with Crippen LogP contribution in [-0.2, 0) is 21.7 Å². The first kappa shape index (κ1) is 34.3. The molecule has 5 aromatic rings. The van der Waals surface area contributed by atoms with Gasteiger partial charge in [0.25, 0.3) is 0 Å². The predicted octanol–water partition coefficient (Wildman–Crippen LogP) is 10.1. The summed E-state index contributed by atoms with van der Waals surface area (Å²) in [6, 6.07) is 28.4. The molecule has 244 valence electrons. The van der Waals surface area contributed by atoms with Crippen molar-refractivity contribution in [1.29, 1.82) is 0 Å². The first-order valence-corrected chi connectivity index (χ1v) is 18.5. The molecular weight excluding hydrogens is 583 g/mol. The summed E-state index contributed by atoms with van der Waals surface area (Å²) in [5, 5.41) is 4.43. The Labute approximate surface area is 276 Å². The molecule has 0 unspecified atom stereocenters. The van der Waals surface area contributed by atoms with Crippen molar-refractivity contribution in [2.45, 2.75) is 105 Å². The van der Waals surface area contributed by atoms with Gasteiger partial charge in [0.05, 0.1) is 0 Å². The summed E-state index contributed by atoms with van der Waals surface area (Å²) in [6.45, 7) is 25.9. The summed E-state index contributed by atoms with van der Waals surface area (Å²) in [5.41, 5.74) is 5.03. The van der Waals surface area contributed by atoms with E-state index in [1.165, 1.54) is 11.1 Å². The van der Waals surface area contributed by atoms with Crippen LogP contribution in [0.2, 0.25) is 0 Å². The van der Waals surface area contributed by atoms with Gasteiger partial charge in [-0.05, 0) is 0 Å². The van der Waals surface area contributed by atoms with Crippen LogP contribution >= 0.6 is 7.28 Å². The van der Waals surface area contributed by atoms with Crippen molar-refractivity contribution in [2.24, 2.45) is 0 Å². The van der Waals surface area contributed by atoms with Gasteiger partial charge in [-0.1, -0.05) is 0 Å². The van der Waals surface area contributed by atoms with E-state index in [4.69, 9.17) is 0 Å². The number of benzene rings is 5. The molecule has 46 heavy (non-hydrogen) atoms. The maximum atomic E-state index is 12.5. The molecule has 0 aliphatic rings. The maximum absolute atomic E-state index is 12.5. The first-order chi connectivity index (χ1) is 20.9. The van der Waals surface area contributed by atoms with Crippen LogP contribution in [0.15, 0.2) is 84.9 Å². The van der Waals surface area contributed by atoms with E-state index in [-0.39, 0.29) is 26.9 Å². The number of fused-ring (bicyclic) bond motifs is 2. The van der Waals surface area contributed by atoms with Crippen LogP contribution < -0.4 is 10.6 Å². The summed E-state index contributed by atoms with van der Waals surface area (Å²) in [5.74, 6) is 0. The second-order valence-corrected chi connectivity index (χ2v) is 20.3. The SMILES string of the molecule is CC(C)(C)c1ccc2cc(-c3ccccc3P(O)(O)(O)c3cc4ccc(C(C)(C)C)cc4cc3C(C)(C)C)c(C(C)(C)C)cc2c1. The Kier molecular flexibility index (Phi) is 7.99. The van der Waals surface area contributed by atoms with Gasteiger partial charge in [-0.2, -0.15) is 0 Å². The molecule has 0 fully saturated rings. The van der Waals surface area contributed by atoms with Crippen molar-refractivity contribution < 1.29 is 14.7 Å². The molecule has 0 spiro atoms.